The van der Waals surface area contributed by atoms with Gasteiger partial charge in [-0.15, -0.1) is 6.58 Å². The monoisotopic (exact) mass is 204 g/mol. The second-order valence-corrected chi connectivity index (χ2v) is 4.22. The predicted octanol–water partition coefficient (Wildman–Crippen LogP) is 3.36. The maximum absolute atomic E-state index is 10.0. The van der Waals surface area contributed by atoms with Gasteiger partial charge in [0, 0.05) is 5.92 Å². The first-order valence-electron chi connectivity index (χ1n) is 5.50. The largest absolute Gasteiger partial charge is 0.392 e. The van der Waals surface area contributed by atoms with Gasteiger partial charge in [0.1, 0.15) is 0 Å². The predicted molar refractivity (Wildman–Crippen MR) is 64.8 cm³/mol. The molecule has 1 rings (SSSR count). The summed E-state index contributed by atoms with van der Waals surface area (Å²) in [7, 11) is 0. The number of aliphatic hydroxyl groups excluding tert-OH is 1. The summed E-state index contributed by atoms with van der Waals surface area (Å²) in [6.45, 7) is 7.88. The Morgan fingerprint density at radius 2 is 1.87 bits per heavy atom. The Morgan fingerprint density at radius 1 is 1.27 bits per heavy atom. The van der Waals surface area contributed by atoms with Gasteiger partial charge in [0.25, 0.3) is 0 Å². The van der Waals surface area contributed by atoms with Crippen LogP contribution >= 0.6 is 0 Å². The first-order chi connectivity index (χ1) is 7.15. The van der Waals surface area contributed by atoms with Gasteiger partial charge in [-0.1, -0.05) is 50.3 Å². The van der Waals surface area contributed by atoms with Crippen molar-refractivity contribution in [2.45, 2.75) is 32.3 Å². The molecule has 0 radical (unpaired) electrons. The van der Waals surface area contributed by atoms with Gasteiger partial charge in [0.05, 0.1) is 6.10 Å². The van der Waals surface area contributed by atoms with Gasteiger partial charge in [-0.2, -0.15) is 0 Å². The maximum atomic E-state index is 10.0. The first kappa shape index (κ1) is 12.0. The third kappa shape index (κ3) is 3.52. The molecule has 1 nitrogen and oxygen atoms in total. The molecule has 0 aromatic heterocycles. The molecular weight excluding hydrogens is 184 g/mol. The molecule has 1 heteroatoms. The molecule has 15 heavy (non-hydrogen) atoms. The molecule has 82 valence electrons. The Morgan fingerprint density at radius 3 is 2.40 bits per heavy atom. The molecule has 1 N–H and O–H groups in total. The number of hydrogen-bond acceptors (Lipinski definition) is 1. The highest BCUT2D eigenvalue weighted by atomic mass is 16.3. The van der Waals surface area contributed by atoms with Gasteiger partial charge < -0.3 is 5.11 Å². The summed E-state index contributed by atoms with van der Waals surface area (Å²) >= 11 is 0. The van der Waals surface area contributed by atoms with Crippen LogP contribution in [0.15, 0.2) is 43.0 Å². The van der Waals surface area contributed by atoms with Gasteiger partial charge in [-0.25, -0.2) is 0 Å². The zero-order valence-electron chi connectivity index (χ0n) is 9.56. The third-order valence-electron chi connectivity index (χ3n) is 2.92. The van der Waals surface area contributed by atoms with Crippen molar-refractivity contribution >= 4 is 0 Å². The highest BCUT2D eigenvalue weighted by Crippen LogP contribution is 2.23. The summed E-state index contributed by atoms with van der Waals surface area (Å²) in [5.41, 5.74) is 1.20. The van der Waals surface area contributed by atoms with E-state index in [-0.39, 0.29) is 12.0 Å². The lowest BCUT2D eigenvalue weighted by atomic mass is 9.90. The Balaban J connectivity index is 2.60. The minimum atomic E-state index is -0.291. The van der Waals surface area contributed by atoms with E-state index in [1.165, 1.54) is 5.56 Å². The molecule has 0 unspecified atom stereocenters. The first-order valence-corrected chi connectivity index (χ1v) is 5.50. The molecule has 0 heterocycles. The molecule has 0 fully saturated rings. The van der Waals surface area contributed by atoms with Crippen molar-refractivity contribution in [1.29, 1.82) is 0 Å². The lowest BCUT2D eigenvalue weighted by Gasteiger charge is -2.21. The number of rotatable bonds is 5. The van der Waals surface area contributed by atoms with E-state index in [1.807, 2.05) is 24.3 Å². The van der Waals surface area contributed by atoms with Crippen molar-refractivity contribution in [1.82, 2.24) is 0 Å². The van der Waals surface area contributed by atoms with E-state index < -0.39 is 0 Å². The second-order valence-electron chi connectivity index (χ2n) is 4.22. The molecule has 1 aromatic rings. The van der Waals surface area contributed by atoms with Crippen molar-refractivity contribution in [2.24, 2.45) is 5.92 Å². The van der Waals surface area contributed by atoms with Crippen LogP contribution in [0.4, 0.5) is 0 Å². The molecule has 0 aliphatic rings. The summed E-state index contributed by atoms with van der Waals surface area (Å²) < 4.78 is 0. The normalized spacial score (nSPS) is 16.7. The molecule has 3 atom stereocenters. The van der Waals surface area contributed by atoms with Gasteiger partial charge in [0.15, 0.2) is 0 Å². The van der Waals surface area contributed by atoms with Gasteiger partial charge >= 0.3 is 0 Å². The number of hydrogen-bond donors (Lipinski definition) is 1. The van der Waals surface area contributed by atoms with E-state index in [9.17, 15) is 5.11 Å². The van der Waals surface area contributed by atoms with Crippen LogP contribution in [0, 0.1) is 5.92 Å². The number of allylic oxidation sites excluding steroid dienone is 1. The Hall–Kier alpha value is -1.08. The summed E-state index contributed by atoms with van der Waals surface area (Å²) in [5.74, 6) is 0.555. The highest BCUT2D eigenvalue weighted by molar-refractivity contribution is 5.19. The van der Waals surface area contributed by atoms with E-state index in [4.69, 9.17) is 0 Å². The van der Waals surface area contributed by atoms with Crippen LogP contribution in [0.5, 0.6) is 0 Å². The lowest BCUT2D eigenvalue weighted by molar-refractivity contribution is 0.129. The van der Waals surface area contributed by atoms with E-state index in [0.717, 1.165) is 6.42 Å². The van der Waals surface area contributed by atoms with Gasteiger partial charge in [-0.3, -0.25) is 0 Å². The molecule has 0 saturated carbocycles. The molecule has 0 saturated heterocycles. The number of aliphatic hydroxyl groups is 1. The Bertz CT molecular complexity index is 291. The summed E-state index contributed by atoms with van der Waals surface area (Å²) in [5, 5.41) is 10.0. The third-order valence-corrected chi connectivity index (χ3v) is 2.92. The SMILES string of the molecule is C=C[C@H](C)C[C@H](O)[C@@H](C)c1ccccc1. The van der Waals surface area contributed by atoms with E-state index in [2.05, 4.69) is 32.6 Å². The van der Waals surface area contributed by atoms with Crippen molar-refractivity contribution in [3.05, 3.63) is 48.6 Å². The highest BCUT2D eigenvalue weighted by Gasteiger charge is 2.17. The van der Waals surface area contributed by atoms with E-state index in [1.54, 1.807) is 0 Å². The van der Waals surface area contributed by atoms with Crippen LogP contribution in [0.3, 0.4) is 0 Å². The van der Waals surface area contributed by atoms with Crippen LogP contribution in [0.2, 0.25) is 0 Å². The fourth-order valence-corrected chi connectivity index (χ4v) is 1.66. The minimum Gasteiger partial charge on any atom is -0.392 e. The lowest BCUT2D eigenvalue weighted by Crippen LogP contribution is -2.18. The van der Waals surface area contributed by atoms with Crippen LogP contribution in [-0.4, -0.2) is 11.2 Å². The molecule has 1 aromatic carbocycles. The number of benzene rings is 1. The summed E-state index contributed by atoms with van der Waals surface area (Å²) in [6.07, 6.45) is 2.38. The Kier molecular flexibility index (Phi) is 4.57. The summed E-state index contributed by atoms with van der Waals surface area (Å²) in [4.78, 5) is 0. The molecule has 0 spiro atoms. The quantitative estimate of drug-likeness (QED) is 0.729. The minimum absolute atomic E-state index is 0.189. The topological polar surface area (TPSA) is 20.2 Å². The fraction of sp³-hybridized carbons (Fsp3) is 0.429. The molecular formula is C14H20O. The van der Waals surface area contributed by atoms with Gasteiger partial charge in [-0.05, 0) is 17.9 Å². The molecule has 0 aliphatic heterocycles. The Labute approximate surface area is 92.5 Å². The van der Waals surface area contributed by atoms with Crippen molar-refractivity contribution in [2.75, 3.05) is 0 Å². The van der Waals surface area contributed by atoms with Crippen LogP contribution < -0.4 is 0 Å². The molecule has 0 amide bonds. The van der Waals surface area contributed by atoms with E-state index >= 15 is 0 Å². The van der Waals surface area contributed by atoms with Crippen molar-refractivity contribution in [3.8, 4) is 0 Å². The fourth-order valence-electron chi connectivity index (χ4n) is 1.66. The average Bonchev–Trinajstić information content (AvgIpc) is 2.29. The van der Waals surface area contributed by atoms with Crippen molar-refractivity contribution < 1.29 is 5.11 Å². The van der Waals surface area contributed by atoms with Crippen LogP contribution in [0.1, 0.15) is 31.7 Å². The van der Waals surface area contributed by atoms with Crippen LogP contribution in [0.25, 0.3) is 0 Å². The zero-order valence-corrected chi connectivity index (χ0v) is 9.56. The smallest absolute Gasteiger partial charge is 0.0611 e. The summed E-state index contributed by atoms with van der Waals surface area (Å²) in [6, 6.07) is 10.1. The van der Waals surface area contributed by atoms with Crippen molar-refractivity contribution in [3.63, 3.8) is 0 Å². The van der Waals surface area contributed by atoms with Gasteiger partial charge in [0.2, 0.25) is 0 Å². The molecule has 0 aliphatic carbocycles. The standard InChI is InChI=1S/C14H20O/c1-4-11(2)10-14(15)12(3)13-8-6-5-7-9-13/h4-9,11-12,14-15H,1,10H2,2-3H3/t11-,12-,14-/m0/s1. The zero-order chi connectivity index (χ0) is 11.3. The van der Waals surface area contributed by atoms with Crippen LogP contribution in [-0.2, 0) is 0 Å². The maximum Gasteiger partial charge on any atom is 0.0611 e. The van der Waals surface area contributed by atoms with E-state index in [0.29, 0.717) is 5.92 Å². The molecule has 0 bridgehead atoms. The second kappa shape index (κ2) is 5.72. The average molecular weight is 204 g/mol.